The summed E-state index contributed by atoms with van der Waals surface area (Å²) in [5, 5.41) is 8.21. The fraction of sp³-hybridized carbons (Fsp3) is 0.143. The molecule has 0 saturated carbocycles. The van der Waals surface area contributed by atoms with Crippen molar-refractivity contribution in [1.82, 2.24) is 0 Å². The van der Waals surface area contributed by atoms with Crippen molar-refractivity contribution < 1.29 is 18.5 Å². The molecule has 0 bridgehead atoms. The molecule has 0 spiro atoms. The van der Waals surface area contributed by atoms with E-state index in [1.807, 2.05) is 0 Å². The first kappa shape index (κ1) is 9.00. The van der Waals surface area contributed by atoms with Crippen LogP contribution in [0.15, 0.2) is 24.3 Å². The zero-order chi connectivity index (χ0) is 8.97. The summed E-state index contributed by atoms with van der Waals surface area (Å²) in [6, 6.07) is 5.35. The number of hydrogen-bond donors (Lipinski definition) is 1. The van der Waals surface area contributed by atoms with E-state index in [9.17, 15) is 8.78 Å². The van der Waals surface area contributed by atoms with Gasteiger partial charge in [-0.3, -0.25) is 0 Å². The van der Waals surface area contributed by atoms with Gasteiger partial charge in [-0.1, -0.05) is 12.1 Å². The fourth-order valence-electron chi connectivity index (χ4n) is 0.784. The summed E-state index contributed by atoms with van der Waals surface area (Å²) in [7, 11) is 0.449. The smallest absolute Gasteiger partial charge is 0.537 e. The Morgan fingerprint density at radius 2 is 2.17 bits per heavy atom. The maximum atomic E-state index is 12.1. The van der Waals surface area contributed by atoms with Crippen LogP contribution < -0.4 is 4.65 Å². The lowest BCUT2D eigenvalue weighted by molar-refractivity contribution is 0.151. The molecular formula is C7H6BF2O2. The largest absolute Gasteiger partial charge is 0.569 e. The first-order chi connectivity index (χ1) is 5.74. The molecule has 0 atom stereocenters. The minimum Gasteiger partial charge on any atom is -0.537 e. The topological polar surface area (TPSA) is 29.5 Å². The number of alkyl halides is 2. The van der Waals surface area contributed by atoms with Gasteiger partial charge in [0.25, 0.3) is 6.43 Å². The Kier molecular flexibility index (Phi) is 3.05. The van der Waals surface area contributed by atoms with Gasteiger partial charge in [0, 0.05) is 5.56 Å². The molecule has 1 N–H and O–H groups in total. The van der Waals surface area contributed by atoms with Crippen LogP contribution in [0.3, 0.4) is 0 Å². The molecule has 63 valence electrons. The lowest BCUT2D eigenvalue weighted by Gasteiger charge is -2.03. The van der Waals surface area contributed by atoms with Crippen molar-refractivity contribution >= 4 is 7.69 Å². The maximum absolute atomic E-state index is 12.1. The van der Waals surface area contributed by atoms with Gasteiger partial charge in [-0.2, -0.15) is 0 Å². The summed E-state index contributed by atoms with van der Waals surface area (Å²) < 4.78 is 28.6. The summed E-state index contributed by atoms with van der Waals surface area (Å²) in [5.74, 6) is 0.190. The minimum atomic E-state index is -2.52. The molecule has 1 rings (SSSR count). The third-order valence-corrected chi connectivity index (χ3v) is 1.30. The highest BCUT2D eigenvalue weighted by atomic mass is 19.3. The zero-order valence-electron chi connectivity index (χ0n) is 6.08. The van der Waals surface area contributed by atoms with Crippen LogP contribution in [-0.4, -0.2) is 12.7 Å². The number of rotatable bonds is 3. The van der Waals surface area contributed by atoms with E-state index < -0.39 is 6.43 Å². The van der Waals surface area contributed by atoms with Crippen LogP contribution in [0.1, 0.15) is 12.0 Å². The monoisotopic (exact) mass is 171 g/mol. The normalized spacial score (nSPS) is 10.0. The lowest BCUT2D eigenvalue weighted by Crippen LogP contribution is -2.00. The first-order valence-electron chi connectivity index (χ1n) is 3.24. The van der Waals surface area contributed by atoms with E-state index in [0.717, 1.165) is 6.07 Å². The van der Waals surface area contributed by atoms with E-state index >= 15 is 0 Å². The maximum Gasteiger partial charge on any atom is 0.569 e. The van der Waals surface area contributed by atoms with Crippen molar-refractivity contribution in [1.29, 1.82) is 0 Å². The summed E-state index contributed by atoms with van der Waals surface area (Å²) >= 11 is 0. The summed E-state index contributed by atoms with van der Waals surface area (Å²) in [4.78, 5) is 0. The van der Waals surface area contributed by atoms with Crippen LogP contribution in [0.5, 0.6) is 5.75 Å². The highest BCUT2D eigenvalue weighted by molar-refractivity contribution is 6.17. The average molecular weight is 171 g/mol. The molecule has 0 unspecified atom stereocenters. The molecular weight excluding hydrogens is 165 g/mol. The predicted molar refractivity (Wildman–Crippen MR) is 40.0 cm³/mol. The van der Waals surface area contributed by atoms with Crippen LogP contribution in [-0.2, 0) is 0 Å². The predicted octanol–water partition coefficient (Wildman–Crippen LogP) is 1.53. The molecule has 5 heteroatoms. The molecule has 12 heavy (non-hydrogen) atoms. The van der Waals surface area contributed by atoms with Gasteiger partial charge in [-0.15, -0.1) is 0 Å². The first-order valence-corrected chi connectivity index (χ1v) is 3.24. The lowest BCUT2D eigenvalue weighted by atomic mass is 10.2. The third kappa shape index (κ3) is 2.20. The van der Waals surface area contributed by atoms with Crippen molar-refractivity contribution in [2.45, 2.75) is 6.43 Å². The van der Waals surface area contributed by atoms with Crippen molar-refractivity contribution in [3.05, 3.63) is 29.8 Å². The summed E-state index contributed by atoms with van der Waals surface area (Å²) in [6.07, 6.45) is -2.52. The van der Waals surface area contributed by atoms with Crippen molar-refractivity contribution in [2.75, 3.05) is 0 Å². The van der Waals surface area contributed by atoms with E-state index in [4.69, 9.17) is 5.02 Å². The van der Waals surface area contributed by atoms with Crippen LogP contribution in [0, 0.1) is 0 Å². The van der Waals surface area contributed by atoms with Crippen LogP contribution in [0.2, 0.25) is 0 Å². The summed E-state index contributed by atoms with van der Waals surface area (Å²) in [5.41, 5.74) is -0.130. The molecule has 0 aliphatic carbocycles. The quantitative estimate of drug-likeness (QED) is 0.698. The Bertz CT molecular complexity index is 255. The highest BCUT2D eigenvalue weighted by Gasteiger charge is 2.06. The highest BCUT2D eigenvalue weighted by Crippen LogP contribution is 2.22. The second-order valence-electron chi connectivity index (χ2n) is 2.10. The molecule has 1 aromatic carbocycles. The molecule has 1 radical (unpaired) electrons. The van der Waals surface area contributed by atoms with Gasteiger partial charge < -0.3 is 9.68 Å². The number of hydrogen-bond acceptors (Lipinski definition) is 2. The molecule has 0 heterocycles. The fourth-order valence-corrected chi connectivity index (χ4v) is 0.784. The van der Waals surface area contributed by atoms with Crippen molar-refractivity contribution in [3.8, 4) is 5.75 Å². The average Bonchev–Trinajstić information content (AvgIpc) is 2.05. The zero-order valence-corrected chi connectivity index (χ0v) is 6.08. The molecule has 0 aromatic heterocycles. The molecule has 0 aliphatic rings. The van der Waals surface area contributed by atoms with Gasteiger partial charge in [-0.05, 0) is 12.1 Å². The van der Waals surface area contributed by atoms with E-state index in [2.05, 4.69) is 4.65 Å². The van der Waals surface area contributed by atoms with Crippen molar-refractivity contribution in [2.24, 2.45) is 0 Å². The van der Waals surface area contributed by atoms with Gasteiger partial charge in [0.1, 0.15) is 5.75 Å². The SMILES string of the molecule is O[B]Oc1cccc(C(F)F)c1. The minimum absolute atomic E-state index is 0.130. The van der Waals surface area contributed by atoms with E-state index in [0.29, 0.717) is 7.69 Å². The van der Waals surface area contributed by atoms with Crippen LogP contribution >= 0.6 is 0 Å². The Balaban J connectivity index is 2.81. The van der Waals surface area contributed by atoms with Gasteiger partial charge in [0.2, 0.25) is 0 Å². The molecule has 0 fully saturated rings. The molecule has 1 aromatic rings. The van der Waals surface area contributed by atoms with Gasteiger partial charge in [-0.25, -0.2) is 8.78 Å². The molecule has 0 aliphatic heterocycles. The second kappa shape index (κ2) is 4.06. The standard InChI is InChI=1S/C7H6BF2O2/c9-7(10)5-2-1-3-6(4-5)12-8-11/h1-4,7,11H. The second-order valence-corrected chi connectivity index (χ2v) is 2.10. The third-order valence-electron chi connectivity index (χ3n) is 1.30. The van der Waals surface area contributed by atoms with Crippen LogP contribution in [0.25, 0.3) is 0 Å². The van der Waals surface area contributed by atoms with Gasteiger partial charge in [0.05, 0.1) is 0 Å². The number of benzene rings is 1. The summed E-state index contributed by atoms with van der Waals surface area (Å²) in [6.45, 7) is 0. The molecule has 0 amide bonds. The number of halogens is 2. The van der Waals surface area contributed by atoms with Crippen LogP contribution in [0.4, 0.5) is 8.78 Å². The molecule has 2 nitrogen and oxygen atoms in total. The Hall–Kier alpha value is -1.10. The van der Waals surface area contributed by atoms with Crippen molar-refractivity contribution in [3.63, 3.8) is 0 Å². The molecule has 0 saturated heterocycles. The van der Waals surface area contributed by atoms with Gasteiger partial charge in [0.15, 0.2) is 0 Å². The van der Waals surface area contributed by atoms with E-state index in [1.54, 1.807) is 0 Å². The van der Waals surface area contributed by atoms with E-state index in [-0.39, 0.29) is 11.3 Å². The van der Waals surface area contributed by atoms with Gasteiger partial charge >= 0.3 is 7.69 Å². The van der Waals surface area contributed by atoms with E-state index in [1.165, 1.54) is 18.2 Å². The Morgan fingerprint density at radius 1 is 1.42 bits per heavy atom. The Morgan fingerprint density at radius 3 is 2.75 bits per heavy atom. The Labute approximate surface area is 69.1 Å².